The molecule has 1 aliphatic heterocycles. The zero-order valence-electron chi connectivity index (χ0n) is 14.8. The number of rotatable bonds is 7. The van der Waals surface area contributed by atoms with E-state index >= 15 is 0 Å². The van der Waals surface area contributed by atoms with Gasteiger partial charge in [0.05, 0.1) is 5.75 Å². The van der Waals surface area contributed by atoms with Gasteiger partial charge < -0.3 is 9.26 Å². The first-order valence-electron chi connectivity index (χ1n) is 8.59. The standard InChI is InChI=1S/C17H22FN3O4S/c1-12(2)16-19-17(25-20-16)14-7-5-9-21(14)26(22,23)11-10-24-15-8-4-3-6-13(15)18/h3-4,6,8,12,14H,5,7,9-11H2,1-2H3/t14-/m0/s1. The smallest absolute Gasteiger partial charge is 0.245 e. The highest BCUT2D eigenvalue weighted by Crippen LogP contribution is 2.34. The summed E-state index contributed by atoms with van der Waals surface area (Å²) in [5, 5.41) is 3.91. The number of benzene rings is 1. The number of halogens is 1. The summed E-state index contributed by atoms with van der Waals surface area (Å²) < 4.78 is 50.9. The van der Waals surface area contributed by atoms with Gasteiger partial charge >= 0.3 is 0 Å². The first-order valence-corrected chi connectivity index (χ1v) is 10.2. The lowest BCUT2D eigenvalue weighted by molar-refractivity contribution is 0.283. The molecular formula is C17H22FN3O4S. The first-order chi connectivity index (χ1) is 12.4. The zero-order chi connectivity index (χ0) is 18.7. The summed E-state index contributed by atoms with van der Waals surface area (Å²) in [6, 6.07) is 5.46. The third kappa shape index (κ3) is 4.04. The molecule has 1 fully saturated rings. The van der Waals surface area contributed by atoms with Crippen molar-refractivity contribution in [1.29, 1.82) is 0 Å². The van der Waals surface area contributed by atoms with Gasteiger partial charge in [-0.3, -0.25) is 0 Å². The van der Waals surface area contributed by atoms with Gasteiger partial charge in [-0.05, 0) is 25.0 Å². The summed E-state index contributed by atoms with van der Waals surface area (Å²) in [7, 11) is -3.59. The van der Waals surface area contributed by atoms with Crippen LogP contribution in [0.4, 0.5) is 4.39 Å². The predicted octanol–water partition coefficient (Wildman–Crippen LogP) is 2.88. The van der Waals surface area contributed by atoms with Crippen LogP contribution in [0.5, 0.6) is 5.75 Å². The van der Waals surface area contributed by atoms with Crippen LogP contribution < -0.4 is 4.74 Å². The molecule has 0 radical (unpaired) electrons. The van der Waals surface area contributed by atoms with Crippen molar-refractivity contribution in [2.45, 2.75) is 38.6 Å². The van der Waals surface area contributed by atoms with E-state index in [4.69, 9.17) is 9.26 Å². The lowest BCUT2D eigenvalue weighted by Crippen LogP contribution is -2.34. The summed E-state index contributed by atoms with van der Waals surface area (Å²) in [5.41, 5.74) is 0. The number of hydrogen-bond acceptors (Lipinski definition) is 6. The van der Waals surface area contributed by atoms with Gasteiger partial charge in [-0.1, -0.05) is 31.1 Å². The van der Waals surface area contributed by atoms with E-state index in [9.17, 15) is 12.8 Å². The number of aromatic nitrogens is 2. The van der Waals surface area contributed by atoms with Gasteiger partial charge in [0.1, 0.15) is 12.6 Å². The zero-order valence-corrected chi connectivity index (χ0v) is 15.6. The largest absolute Gasteiger partial charge is 0.489 e. The van der Waals surface area contributed by atoms with Crippen LogP contribution in [0.15, 0.2) is 28.8 Å². The van der Waals surface area contributed by atoms with E-state index in [2.05, 4.69) is 10.1 Å². The van der Waals surface area contributed by atoms with Gasteiger partial charge in [-0.25, -0.2) is 12.8 Å². The van der Waals surface area contributed by atoms with Crippen LogP contribution in [0, 0.1) is 5.82 Å². The fourth-order valence-corrected chi connectivity index (χ4v) is 4.39. The lowest BCUT2D eigenvalue weighted by Gasteiger charge is -2.21. The number of hydrogen-bond donors (Lipinski definition) is 0. The second-order valence-electron chi connectivity index (χ2n) is 6.51. The van der Waals surface area contributed by atoms with Crippen LogP contribution in [0.2, 0.25) is 0 Å². The molecule has 142 valence electrons. The Balaban J connectivity index is 1.66. The van der Waals surface area contributed by atoms with E-state index in [1.54, 1.807) is 12.1 Å². The fourth-order valence-electron chi connectivity index (χ4n) is 2.87. The average molecular weight is 383 g/mol. The quantitative estimate of drug-likeness (QED) is 0.731. The Morgan fingerprint density at radius 3 is 2.85 bits per heavy atom. The second kappa shape index (κ2) is 7.71. The van der Waals surface area contributed by atoms with Gasteiger partial charge in [0.2, 0.25) is 15.9 Å². The van der Waals surface area contributed by atoms with Crippen LogP contribution in [0.3, 0.4) is 0 Å². The Hall–Kier alpha value is -2.00. The van der Waals surface area contributed by atoms with Crippen molar-refractivity contribution in [2.24, 2.45) is 0 Å². The predicted molar refractivity (Wildman–Crippen MR) is 92.7 cm³/mol. The van der Waals surface area contributed by atoms with E-state index < -0.39 is 21.9 Å². The van der Waals surface area contributed by atoms with Gasteiger partial charge in [0.15, 0.2) is 17.4 Å². The van der Waals surface area contributed by atoms with E-state index in [1.807, 2.05) is 13.8 Å². The molecule has 2 aromatic rings. The van der Waals surface area contributed by atoms with Crippen LogP contribution in [-0.4, -0.2) is 41.8 Å². The summed E-state index contributed by atoms with van der Waals surface area (Å²) >= 11 is 0. The molecule has 2 heterocycles. The van der Waals surface area contributed by atoms with Crippen LogP contribution >= 0.6 is 0 Å². The molecule has 1 aromatic heterocycles. The van der Waals surface area contributed by atoms with Crippen molar-refractivity contribution in [3.05, 3.63) is 41.8 Å². The van der Waals surface area contributed by atoms with Crippen molar-refractivity contribution in [3.8, 4) is 5.75 Å². The first kappa shape index (κ1) is 18.8. The minimum absolute atomic E-state index is 0.0409. The van der Waals surface area contributed by atoms with Gasteiger partial charge in [-0.2, -0.15) is 9.29 Å². The van der Waals surface area contributed by atoms with Crippen molar-refractivity contribution < 1.29 is 22.1 Å². The van der Waals surface area contributed by atoms with Gasteiger partial charge in [-0.15, -0.1) is 0 Å². The molecule has 1 aliphatic rings. The summed E-state index contributed by atoms with van der Waals surface area (Å²) in [6.45, 7) is 4.15. The molecule has 0 unspecified atom stereocenters. The molecule has 0 spiro atoms. The molecule has 0 bridgehead atoms. The molecular weight excluding hydrogens is 361 g/mol. The Labute approximate surface area is 152 Å². The van der Waals surface area contributed by atoms with Crippen molar-refractivity contribution in [2.75, 3.05) is 18.9 Å². The maximum atomic E-state index is 13.5. The average Bonchev–Trinajstić information content (AvgIpc) is 3.25. The van der Waals surface area contributed by atoms with Crippen molar-refractivity contribution >= 4 is 10.0 Å². The second-order valence-corrected chi connectivity index (χ2v) is 8.55. The van der Waals surface area contributed by atoms with E-state index in [-0.39, 0.29) is 24.0 Å². The Morgan fingerprint density at radius 1 is 1.38 bits per heavy atom. The maximum absolute atomic E-state index is 13.5. The topological polar surface area (TPSA) is 85.5 Å². The number of ether oxygens (including phenoxy) is 1. The van der Waals surface area contributed by atoms with Crippen LogP contribution in [0.25, 0.3) is 0 Å². The van der Waals surface area contributed by atoms with Gasteiger partial charge in [0, 0.05) is 12.5 Å². The molecule has 0 aliphatic carbocycles. The Bertz CT molecular complexity index is 853. The highest BCUT2D eigenvalue weighted by molar-refractivity contribution is 7.89. The third-order valence-electron chi connectivity index (χ3n) is 4.26. The Kier molecular flexibility index (Phi) is 5.57. The number of para-hydroxylation sites is 1. The van der Waals surface area contributed by atoms with E-state index in [0.717, 1.165) is 6.42 Å². The summed E-state index contributed by atoms with van der Waals surface area (Å²) in [6.07, 6.45) is 1.35. The maximum Gasteiger partial charge on any atom is 0.245 e. The van der Waals surface area contributed by atoms with E-state index in [0.29, 0.717) is 24.7 Å². The number of nitrogens with zero attached hydrogens (tertiary/aromatic N) is 3. The Morgan fingerprint density at radius 2 is 2.15 bits per heavy atom. The molecule has 1 aromatic carbocycles. The minimum Gasteiger partial charge on any atom is -0.489 e. The highest BCUT2D eigenvalue weighted by atomic mass is 32.2. The third-order valence-corrected chi connectivity index (χ3v) is 6.09. The molecule has 0 saturated carbocycles. The van der Waals surface area contributed by atoms with E-state index in [1.165, 1.54) is 16.4 Å². The fraction of sp³-hybridized carbons (Fsp3) is 0.529. The summed E-state index contributed by atoms with van der Waals surface area (Å²) in [5.74, 6) is 0.267. The molecule has 26 heavy (non-hydrogen) atoms. The van der Waals surface area contributed by atoms with Crippen molar-refractivity contribution in [1.82, 2.24) is 14.4 Å². The molecule has 0 amide bonds. The number of sulfonamides is 1. The van der Waals surface area contributed by atoms with Gasteiger partial charge in [0.25, 0.3) is 0 Å². The lowest BCUT2D eigenvalue weighted by atomic mass is 10.2. The van der Waals surface area contributed by atoms with Crippen LogP contribution in [-0.2, 0) is 10.0 Å². The monoisotopic (exact) mass is 383 g/mol. The summed E-state index contributed by atoms with van der Waals surface area (Å²) in [4.78, 5) is 4.33. The molecule has 7 nitrogen and oxygen atoms in total. The minimum atomic E-state index is -3.59. The highest BCUT2D eigenvalue weighted by Gasteiger charge is 2.38. The molecule has 3 rings (SSSR count). The SMILES string of the molecule is CC(C)c1noc([C@@H]2CCCN2S(=O)(=O)CCOc2ccccc2F)n1. The molecule has 9 heteroatoms. The molecule has 1 saturated heterocycles. The normalized spacial score (nSPS) is 18.5. The van der Waals surface area contributed by atoms with Crippen molar-refractivity contribution in [3.63, 3.8) is 0 Å². The van der Waals surface area contributed by atoms with Crippen LogP contribution in [0.1, 0.15) is 50.4 Å². The molecule has 0 N–H and O–H groups in total. The molecule has 1 atom stereocenters.